The van der Waals surface area contributed by atoms with Crippen LogP contribution in [0.25, 0.3) is 10.1 Å². The topological polar surface area (TPSA) is 130 Å². The molecule has 2 aromatic carbocycles. The number of nitrogens with one attached hydrogen (secondary N) is 2. The maximum absolute atomic E-state index is 13.7. The number of benzene rings is 2. The molecular formula is C31H34F3N5O4S2. The predicted molar refractivity (Wildman–Crippen MR) is 168 cm³/mol. The number of anilines is 2. The molecule has 14 heteroatoms. The summed E-state index contributed by atoms with van der Waals surface area (Å²) in [6, 6.07) is 11.9. The molecule has 0 unspecified atom stereocenters. The van der Waals surface area contributed by atoms with Gasteiger partial charge in [-0.15, -0.1) is 11.3 Å². The quantitative estimate of drug-likeness (QED) is 0.271. The van der Waals surface area contributed by atoms with Gasteiger partial charge in [0.15, 0.2) is 6.61 Å². The predicted octanol–water partition coefficient (Wildman–Crippen LogP) is 5.07. The number of nitrogens with zero attached hydrogens (tertiary/aromatic N) is 2. The molecule has 5 rings (SSSR count). The molecule has 240 valence electrons. The number of ether oxygens (including phenoxy) is 2. The van der Waals surface area contributed by atoms with E-state index in [2.05, 4.69) is 27.4 Å². The van der Waals surface area contributed by atoms with E-state index in [4.69, 9.17) is 19.9 Å². The number of primary sulfonamides is 1. The lowest BCUT2D eigenvalue weighted by molar-refractivity contribution is -0.126. The van der Waals surface area contributed by atoms with E-state index in [1.54, 1.807) is 12.1 Å². The van der Waals surface area contributed by atoms with Gasteiger partial charge in [0, 0.05) is 31.2 Å². The molecule has 2 fully saturated rings. The van der Waals surface area contributed by atoms with Crippen molar-refractivity contribution in [3.63, 3.8) is 0 Å². The summed E-state index contributed by atoms with van der Waals surface area (Å²) in [4.78, 5) is 2.64. The van der Waals surface area contributed by atoms with Crippen molar-refractivity contribution in [2.45, 2.75) is 55.3 Å². The molecule has 0 radical (unpaired) electrons. The standard InChI is InChI=1S/C31H34F3N5O4S2/c32-31(33,34)20-25-24-3-1-4-27(38-21-6-8-22(9-7-21)39-14-17-42-18-15-39)30(24)44-29(25)5-2-13-37-26-11-10-23(45(36,40)41)19-28(26)43-16-12-35/h1,3-4,10-11,19,21-22,37-38H,6-9,13-18,20H2,(H2,36,40,41). The van der Waals surface area contributed by atoms with Gasteiger partial charge in [0.05, 0.1) is 52.0 Å². The van der Waals surface area contributed by atoms with Crippen LogP contribution in [-0.4, -0.2) is 71.0 Å². The minimum atomic E-state index is -4.41. The fraction of sp³-hybridized carbons (Fsp3) is 0.452. The third-order valence-electron chi connectivity index (χ3n) is 7.96. The highest BCUT2D eigenvalue weighted by atomic mass is 32.2. The molecule has 4 N–H and O–H groups in total. The van der Waals surface area contributed by atoms with Gasteiger partial charge in [-0.05, 0) is 54.8 Å². The van der Waals surface area contributed by atoms with Crippen LogP contribution in [0.1, 0.15) is 36.1 Å². The Hall–Kier alpha value is -3.53. The average molecular weight is 662 g/mol. The number of hydrogen-bond donors (Lipinski definition) is 3. The van der Waals surface area contributed by atoms with Crippen molar-refractivity contribution in [3.8, 4) is 23.7 Å². The highest BCUT2D eigenvalue weighted by molar-refractivity contribution is 7.89. The molecule has 0 atom stereocenters. The largest absolute Gasteiger partial charge is 0.477 e. The Morgan fingerprint density at radius 3 is 2.56 bits per heavy atom. The smallest absolute Gasteiger partial charge is 0.393 e. The molecule has 2 heterocycles. The second-order valence-corrected chi connectivity index (χ2v) is 13.6. The number of alkyl halides is 3. The van der Waals surface area contributed by atoms with Gasteiger partial charge in [-0.3, -0.25) is 4.90 Å². The van der Waals surface area contributed by atoms with Crippen molar-refractivity contribution in [3.05, 3.63) is 46.8 Å². The lowest BCUT2D eigenvalue weighted by Gasteiger charge is -2.39. The first-order valence-corrected chi connectivity index (χ1v) is 17.0. The van der Waals surface area contributed by atoms with Crippen LogP contribution in [-0.2, 0) is 21.2 Å². The van der Waals surface area contributed by atoms with E-state index in [1.807, 2.05) is 12.1 Å². The number of nitrogens with two attached hydrogens (primary N) is 1. The van der Waals surface area contributed by atoms with Gasteiger partial charge in [0.25, 0.3) is 0 Å². The number of hydrogen-bond acceptors (Lipinski definition) is 9. The van der Waals surface area contributed by atoms with Gasteiger partial charge in [0.1, 0.15) is 11.8 Å². The molecule has 9 nitrogen and oxygen atoms in total. The van der Waals surface area contributed by atoms with Crippen molar-refractivity contribution in [1.82, 2.24) is 4.90 Å². The number of nitriles is 1. The molecule has 3 aromatic rings. The normalized spacial score (nSPS) is 19.4. The summed E-state index contributed by atoms with van der Waals surface area (Å²) in [6.07, 6.45) is -1.42. The highest BCUT2D eigenvalue weighted by Crippen LogP contribution is 2.40. The molecule has 0 amide bonds. The maximum Gasteiger partial charge on any atom is 0.393 e. The molecule has 1 aliphatic heterocycles. The van der Waals surface area contributed by atoms with E-state index in [0.717, 1.165) is 62.4 Å². The third-order valence-corrected chi connectivity index (χ3v) is 10.1. The Morgan fingerprint density at radius 2 is 1.87 bits per heavy atom. The Morgan fingerprint density at radius 1 is 1.11 bits per heavy atom. The fourth-order valence-corrected chi connectivity index (χ4v) is 7.53. The lowest BCUT2D eigenvalue weighted by Crippen LogP contribution is -2.46. The van der Waals surface area contributed by atoms with Crippen molar-refractivity contribution in [2.75, 3.05) is 50.1 Å². The first-order valence-electron chi connectivity index (χ1n) is 14.6. The summed E-state index contributed by atoms with van der Waals surface area (Å²) >= 11 is 1.24. The van der Waals surface area contributed by atoms with E-state index >= 15 is 0 Å². The van der Waals surface area contributed by atoms with E-state index in [-0.39, 0.29) is 35.4 Å². The van der Waals surface area contributed by atoms with E-state index in [1.165, 1.54) is 29.5 Å². The van der Waals surface area contributed by atoms with Gasteiger partial charge in [-0.25, -0.2) is 13.6 Å². The van der Waals surface area contributed by atoms with Crippen LogP contribution in [0.4, 0.5) is 24.5 Å². The summed E-state index contributed by atoms with van der Waals surface area (Å²) in [5.74, 6) is 5.89. The Balaban J connectivity index is 1.33. The zero-order valence-electron chi connectivity index (χ0n) is 24.5. The van der Waals surface area contributed by atoms with Gasteiger partial charge in [-0.1, -0.05) is 24.0 Å². The lowest BCUT2D eigenvalue weighted by atomic mass is 9.89. The summed E-state index contributed by atoms with van der Waals surface area (Å²) in [5, 5.41) is 21.2. The molecule has 0 spiro atoms. The average Bonchev–Trinajstić information content (AvgIpc) is 3.35. The second kappa shape index (κ2) is 14.3. The van der Waals surface area contributed by atoms with Crippen LogP contribution < -0.4 is 20.5 Å². The number of sulfonamides is 1. The molecule has 0 bridgehead atoms. The summed E-state index contributed by atoms with van der Waals surface area (Å²) in [7, 11) is -4.00. The molecule has 45 heavy (non-hydrogen) atoms. The Labute approximate surface area is 264 Å². The number of thiophene rings is 1. The summed E-state index contributed by atoms with van der Waals surface area (Å²) < 4.78 is 76.1. The minimum absolute atomic E-state index is 0.0226. The van der Waals surface area contributed by atoms with Crippen molar-refractivity contribution in [1.29, 1.82) is 5.26 Å². The number of halogens is 3. The maximum atomic E-state index is 13.7. The van der Waals surface area contributed by atoms with Crippen LogP contribution in [0.2, 0.25) is 0 Å². The SMILES string of the molecule is N#CCOc1cc(S(N)(=O)=O)ccc1NCC#Cc1sc2c(NC3CCC(N4CCOCC4)CC3)cccc2c1CC(F)(F)F. The molecule has 1 saturated heterocycles. The Kier molecular flexibility index (Phi) is 10.4. The van der Waals surface area contributed by atoms with Crippen molar-refractivity contribution in [2.24, 2.45) is 5.14 Å². The van der Waals surface area contributed by atoms with Gasteiger partial charge >= 0.3 is 6.18 Å². The van der Waals surface area contributed by atoms with Crippen LogP contribution in [0.15, 0.2) is 41.3 Å². The van der Waals surface area contributed by atoms with Crippen molar-refractivity contribution >= 4 is 42.8 Å². The summed E-state index contributed by atoms with van der Waals surface area (Å²) in [6.45, 7) is 3.15. The third kappa shape index (κ3) is 8.60. The first-order chi connectivity index (χ1) is 21.5. The van der Waals surface area contributed by atoms with Crippen LogP contribution in [0, 0.1) is 23.2 Å². The summed E-state index contributed by atoms with van der Waals surface area (Å²) in [5.41, 5.74) is 1.31. The van der Waals surface area contributed by atoms with Gasteiger partial charge in [-0.2, -0.15) is 18.4 Å². The van der Waals surface area contributed by atoms with E-state index in [0.29, 0.717) is 22.0 Å². The molecule has 1 saturated carbocycles. The zero-order chi connectivity index (χ0) is 32.0. The minimum Gasteiger partial charge on any atom is -0.477 e. The fourth-order valence-electron chi connectivity index (χ4n) is 5.83. The van der Waals surface area contributed by atoms with E-state index < -0.39 is 22.6 Å². The highest BCUT2D eigenvalue weighted by Gasteiger charge is 2.32. The van der Waals surface area contributed by atoms with Crippen molar-refractivity contribution < 1.29 is 31.1 Å². The molecule has 1 aromatic heterocycles. The molecule has 1 aliphatic carbocycles. The number of morpholine rings is 1. The Bertz CT molecular complexity index is 1710. The van der Waals surface area contributed by atoms with E-state index in [9.17, 15) is 21.6 Å². The van der Waals surface area contributed by atoms with Gasteiger partial charge in [0.2, 0.25) is 10.0 Å². The van der Waals surface area contributed by atoms with Crippen LogP contribution in [0.3, 0.4) is 0 Å². The first kappa shape index (κ1) is 32.9. The van der Waals surface area contributed by atoms with Crippen LogP contribution in [0.5, 0.6) is 5.75 Å². The zero-order valence-corrected chi connectivity index (χ0v) is 26.1. The number of fused-ring (bicyclic) bond motifs is 1. The molecular weight excluding hydrogens is 628 g/mol. The second-order valence-electron chi connectivity index (χ2n) is 11.0. The van der Waals surface area contributed by atoms with Crippen LogP contribution >= 0.6 is 11.3 Å². The number of rotatable bonds is 9. The molecule has 2 aliphatic rings. The van der Waals surface area contributed by atoms with Gasteiger partial charge < -0.3 is 20.1 Å². The monoisotopic (exact) mass is 661 g/mol.